The van der Waals surface area contributed by atoms with E-state index in [0.29, 0.717) is 23.2 Å². The number of hydrogen-bond acceptors (Lipinski definition) is 5. The predicted molar refractivity (Wildman–Crippen MR) is 164 cm³/mol. The largest absolute Gasteiger partial charge is 0.456 e. The molecule has 5 nitrogen and oxygen atoms in total. The highest BCUT2D eigenvalue weighted by Crippen LogP contribution is 2.36. The highest BCUT2D eigenvalue weighted by molar-refractivity contribution is 6.11. The highest BCUT2D eigenvalue weighted by atomic mass is 16.3. The summed E-state index contributed by atoms with van der Waals surface area (Å²) in [7, 11) is 0. The van der Waals surface area contributed by atoms with Crippen LogP contribution in [0.3, 0.4) is 0 Å². The number of aromatic nitrogens is 4. The number of hydrogen-bond donors (Lipinski definition) is 0. The molecule has 0 unspecified atom stereocenters. The Hall–Kier alpha value is -5.68. The molecule has 3 heterocycles. The fraction of sp³-hybridized carbons (Fsp3) is 0. The molecule has 5 aromatic carbocycles. The summed E-state index contributed by atoms with van der Waals surface area (Å²) in [6.45, 7) is 0. The molecular weight excluding hydrogens is 504 g/mol. The van der Waals surface area contributed by atoms with Crippen molar-refractivity contribution in [1.82, 2.24) is 19.9 Å². The van der Waals surface area contributed by atoms with Gasteiger partial charge in [0.25, 0.3) is 0 Å². The SMILES string of the molecule is c1ccc(-c2ccc(-c3nc(-c4ccc5ccccc5n4)nc(-c4cccc5oc6ccccc6c45)n3)cc2)cc1. The van der Waals surface area contributed by atoms with Gasteiger partial charge in [-0.05, 0) is 35.4 Å². The molecule has 0 bridgehead atoms. The standard InChI is InChI=1S/C36H22N4O/c1-2-9-23(10-3-1)24-17-19-26(20-18-24)34-38-35(28-13-8-16-32-33(28)27-12-5-7-15-31(27)41-32)40-36(39-34)30-22-21-25-11-4-6-14-29(25)37-30/h1-22H. The van der Waals surface area contributed by atoms with E-state index in [-0.39, 0.29) is 0 Å². The van der Waals surface area contributed by atoms with E-state index in [0.717, 1.165) is 55.1 Å². The summed E-state index contributed by atoms with van der Waals surface area (Å²) < 4.78 is 6.16. The van der Waals surface area contributed by atoms with Crippen LogP contribution in [-0.4, -0.2) is 19.9 Å². The number of nitrogens with zero attached hydrogens (tertiary/aromatic N) is 4. The van der Waals surface area contributed by atoms with Gasteiger partial charge >= 0.3 is 0 Å². The minimum Gasteiger partial charge on any atom is -0.456 e. The minimum absolute atomic E-state index is 0.521. The molecule has 8 rings (SSSR count). The molecule has 41 heavy (non-hydrogen) atoms. The Labute approximate surface area is 235 Å². The molecule has 3 aromatic heterocycles. The van der Waals surface area contributed by atoms with Crippen LogP contribution in [0.2, 0.25) is 0 Å². The Balaban J connectivity index is 1.34. The minimum atomic E-state index is 0.521. The van der Waals surface area contributed by atoms with Crippen molar-refractivity contribution in [2.45, 2.75) is 0 Å². The Morgan fingerprint density at radius 2 is 1.10 bits per heavy atom. The first kappa shape index (κ1) is 23.2. The topological polar surface area (TPSA) is 64.7 Å². The lowest BCUT2D eigenvalue weighted by Gasteiger charge is -2.10. The smallest absolute Gasteiger partial charge is 0.182 e. The number of benzene rings is 5. The van der Waals surface area contributed by atoms with Crippen LogP contribution in [0.25, 0.3) is 78.3 Å². The van der Waals surface area contributed by atoms with Crippen molar-refractivity contribution in [3.63, 3.8) is 0 Å². The second-order valence-electron chi connectivity index (χ2n) is 9.92. The molecular formula is C36H22N4O. The van der Waals surface area contributed by atoms with Gasteiger partial charge in [-0.2, -0.15) is 0 Å². The van der Waals surface area contributed by atoms with Crippen LogP contribution >= 0.6 is 0 Å². The molecule has 0 N–H and O–H groups in total. The summed E-state index contributed by atoms with van der Waals surface area (Å²) >= 11 is 0. The van der Waals surface area contributed by atoms with Crippen molar-refractivity contribution in [3.05, 3.63) is 133 Å². The molecule has 0 saturated carbocycles. The molecule has 0 aliphatic carbocycles. The van der Waals surface area contributed by atoms with Crippen molar-refractivity contribution < 1.29 is 4.42 Å². The molecule has 0 aliphatic rings. The van der Waals surface area contributed by atoms with Crippen LogP contribution in [0, 0.1) is 0 Å². The van der Waals surface area contributed by atoms with Gasteiger partial charge in [-0.3, -0.25) is 0 Å². The van der Waals surface area contributed by atoms with E-state index in [1.54, 1.807) is 0 Å². The molecule has 0 fully saturated rings. The van der Waals surface area contributed by atoms with E-state index in [2.05, 4.69) is 54.6 Å². The van der Waals surface area contributed by atoms with Gasteiger partial charge in [-0.1, -0.05) is 109 Å². The summed E-state index contributed by atoms with van der Waals surface area (Å²) in [6.07, 6.45) is 0. The maximum Gasteiger partial charge on any atom is 0.182 e. The number of rotatable bonds is 4. The lowest BCUT2D eigenvalue weighted by Crippen LogP contribution is -2.01. The summed E-state index contributed by atoms with van der Waals surface area (Å²) in [5.74, 6) is 1.68. The quantitative estimate of drug-likeness (QED) is 0.229. The zero-order chi connectivity index (χ0) is 27.2. The maximum absolute atomic E-state index is 6.16. The van der Waals surface area contributed by atoms with Gasteiger partial charge in [0.15, 0.2) is 17.5 Å². The van der Waals surface area contributed by atoms with Gasteiger partial charge in [0.05, 0.1) is 5.52 Å². The predicted octanol–water partition coefficient (Wildman–Crippen LogP) is 8.99. The van der Waals surface area contributed by atoms with Crippen LogP contribution < -0.4 is 0 Å². The van der Waals surface area contributed by atoms with Crippen molar-refractivity contribution in [3.8, 4) is 45.4 Å². The first-order chi connectivity index (χ1) is 20.3. The molecule has 0 radical (unpaired) electrons. The van der Waals surface area contributed by atoms with Crippen LogP contribution in [0.5, 0.6) is 0 Å². The summed E-state index contributed by atoms with van der Waals surface area (Å²) in [5, 5.41) is 3.08. The number of pyridine rings is 1. The molecule has 5 heteroatoms. The van der Waals surface area contributed by atoms with Crippen molar-refractivity contribution in [2.75, 3.05) is 0 Å². The first-order valence-electron chi connectivity index (χ1n) is 13.5. The zero-order valence-corrected chi connectivity index (χ0v) is 21.9. The molecule has 0 saturated heterocycles. The average Bonchev–Trinajstić information content (AvgIpc) is 3.44. The Bertz CT molecular complexity index is 2200. The van der Waals surface area contributed by atoms with Crippen molar-refractivity contribution in [2.24, 2.45) is 0 Å². The molecule has 0 atom stereocenters. The van der Waals surface area contributed by atoms with Gasteiger partial charge < -0.3 is 4.42 Å². The maximum atomic E-state index is 6.16. The monoisotopic (exact) mass is 526 g/mol. The second-order valence-corrected chi connectivity index (χ2v) is 9.92. The average molecular weight is 527 g/mol. The first-order valence-corrected chi connectivity index (χ1v) is 13.5. The fourth-order valence-electron chi connectivity index (χ4n) is 5.33. The molecule has 192 valence electrons. The van der Waals surface area contributed by atoms with E-state index in [1.807, 2.05) is 78.9 Å². The molecule has 0 aliphatic heterocycles. The van der Waals surface area contributed by atoms with Crippen LogP contribution in [-0.2, 0) is 0 Å². The zero-order valence-electron chi connectivity index (χ0n) is 21.9. The summed E-state index contributed by atoms with van der Waals surface area (Å²) in [6, 6.07) is 44.8. The lowest BCUT2D eigenvalue weighted by molar-refractivity contribution is 0.669. The van der Waals surface area contributed by atoms with Crippen molar-refractivity contribution >= 4 is 32.8 Å². The van der Waals surface area contributed by atoms with Gasteiger partial charge in [-0.15, -0.1) is 0 Å². The third-order valence-electron chi connectivity index (χ3n) is 7.36. The van der Waals surface area contributed by atoms with Gasteiger partial charge in [-0.25, -0.2) is 19.9 Å². The summed E-state index contributed by atoms with van der Waals surface area (Å²) in [4.78, 5) is 19.8. The molecule has 0 spiro atoms. The van der Waals surface area contributed by atoms with Crippen LogP contribution in [0.15, 0.2) is 138 Å². The highest BCUT2D eigenvalue weighted by Gasteiger charge is 2.18. The molecule has 8 aromatic rings. The number of fused-ring (bicyclic) bond motifs is 4. The fourth-order valence-corrected chi connectivity index (χ4v) is 5.33. The molecule has 0 amide bonds. The Kier molecular flexibility index (Phi) is 5.38. The Morgan fingerprint density at radius 3 is 2.00 bits per heavy atom. The Morgan fingerprint density at radius 1 is 0.415 bits per heavy atom. The third kappa shape index (κ3) is 4.12. The number of para-hydroxylation sites is 2. The lowest BCUT2D eigenvalue weighted by atomic mass is 10.0. The summed E-state index contributed by atoms with van der Waals surface area (Å²) in [5.41, 5.74) is 7.30. The van der Waals surface area contributed by atoms with E-state index in [1.165, 1.54) is 0 Å². The van der Waals surface area contributed by atoms with E-state index < -0.39 is 0 Å². The van der Waals surface area contributed by atoms with Gasteiger partial charge in [0.2, 0.25) is 0 Å². The van der Waals surface area contributed by atoms with Gasteiger partial charge in [0, 0.05) is 27.3 Å². The third-order valence-corrected chi connectivity index (χ3v) is 7.36. The number of furan rings is 1. The van der Waals surface area contributed by atoms with Crippen molar-refractivity contribution in [1.29, 1.82) is 0 Å². The van der Waals surface area contributed by atoms with E-state index >= 15 is 0 Å². The second kappa shape index (κ2) is 9.50. The van der Waals surface area contributed by atoms with E-state index in [4.69, 9.17) is 24.4 Å². The van der Waals surface area contributed by atoms with Crippen LogP contribution in [0.1, 0.15) is 0 Å². The van der Waals surface area contributed by atoms with Gasteiger partial charge in [0.1, 0.15) is 16.9 Å². The normalized spacial score (nSPS) is 11.4. The van der Waals surface area contributed by atoms with Crippen LogP contribution in [0.4, 0.5) is 0 Å². The van der Waals surface area contributed by atoms with E-state index in [9.17, 15) is 0 Å².